The molecule has 1 aromatic carbocycles. The van der Waals surface area contributed by atoms with Crippen molar-refractivity contribution < 1.29 is 27.6 Å². The average Bonchev–Trinajstić information content (AvgIpc) is 3.62. The van der Waals surface area contributed by atoms with Crippen LogP contribution in [-0.4, -0.2) is 50.9 Å². The molecule has 0 unspecified atom stereocenters. The molecule has 0 spiro atoms. The molecule has 3 aromatic heterocycles. The Morgan fingerprint density at radius 3 is 2.63 bits per heavy atom. The second kappa shape index (κ2) is 10.6. The Balaban J connectivity index is 0.000000672. The molecule has 1 saturated heterocycles. The van der Waals surface area contributed by atoms with Crippen molar-refractivity contribution in [1.29, 1.82) is 0 Å². The molecule has 5 rings (SSSR count). The topological polar surface area (TPSA) is 116 Å². The van der Waals surface area contributed by atoms with E-state index in [0.29, 0.717) is 48.5 Å². The van der Waals surface area contributed by atoms with Crippen molar-refractivity contribution in [2.75, 3.05) is 18.6 Å². The van der Waals surface area contributed by atoms with Crippen LogP contribution in [0, 0.1) is 11.6 Å². The number of ether oxygens (including phenoxy) is 1. The van der Waals surface area contributed by atoms with Crippen molar-refractivity contribution in [3.63, 3.8) is 0 Å². The highest BCUT2D eigenvalue weighted by Crippen LogP contribution is 2.28. The minimum atomic E-state index is -0.679. The van der Waals surface area contributed by atoms with Crippen LogP contribution in [0.3, 0.4) is 0 Å². The van der Waals surface area contributed by atoms with E-state index < -0.39 is 5.82 Å². The third-order valence-electron chi connectivity index (χ3n) is 5.14. The number of benzene rings is 1. The van der Waals surface area contributed by atoms with Gasteiger partial charge in [-0.2, -0.15) is 5.10 Å². The van der Waals surface area contributed by atoms with Gasteiger partial charge in [0.15, 0.2) is 17.5 Å². The number of rotatable bonds is 6. The van der Waals surface area contributed by atoms with Crippen LogP contribution in [0.2, 0.25) is 0 Å². The molecular formula is C23H20F2N6O4. The van der Waals surface area contributed by atoms with E-state index in [0.717, 1.165) is 6.20 Å². The van der Waals surface area contributed by atoms with E-state index in [1.807, 2.05) is 0 Å². The molecule has 10 nitrogen and oxygen atoms in total. The number of anilines is 1. The summed E-state index contributed by atoms with van der Waals surface area (Å²) in [6.07, 6.45) is 3.44. The third-order valence-corrected chi connectivity index (χ3v) is 5.14. The third kappa shape index (κ3) is 5.21. The number of carbonyl (C=O) groups is 2. The van der Waals surface area contributed by atoms with Gasteiger partial charge in [-0.15, -0.1) is 0 Å². The van der Waals surface area contributed by atoms with E-state index in [9.17, 15) is 13.6 Å². The fraction of sp³-hybridized carbons (Fsp3) is 0.217. The molecule has 12 heteroatoms. The molecule has 0 atom stereocenters. The molecule has 1 amide bonds. The normalized spacial score (nSPS) is 12.9. The van der Waals surface area contributed by atoms with Crippen molar-refractivity contribution >= 4 is 18.2 Å². The van der Waals surface area contributed by atoms with Crippen molar-refractivity contribution in [2.45, 2.75) is 19.4 Å². The largest absolute Gasteiger partial charge is 0.471 e. The van der Waals surface area contributed by atoms with Crippen LogP contribution in [0.25, 0.3) is 22.9 Å². The summed E-state index contributed by atoms with van der Waals surface area (Å²) in [4.78, 5) is 30.6. The average molecular weight is 482 g/mol. The first kappa shape index (κ1) is 23.7. The Labute approximate surface area is 198 Å². The van der Waals surface area contributed by atoms with Crippen LogP contribution in [0.1, 0.15) is 18.4 Å². The zero-order chi connectivity index (χ0) is 24.8. The monoisotopic (exact) mass is 482 g/mol. The summed E-state index contributed by atoms with van der Waals surface area (Å²) in [7, 11) is 1.31. The first-order valence-corrected chi connectivity index (χ1v) is 10.5. The van der Waals surface area contributed by atoms with Gasteiger partial charge in [0, 0.05) is 24.6 Å². The van der Waals surface area contributed by atoms with E-state index >= 15 is 0 Å². The van der Waals surface area contributed by atoms with Gasteiger partial charge in [0.05, 0.1) is 25.5 Å². The summed E-state index contributed by atoms with van der Waals surface area (Å²) < 4.78 is 38.9. The van der Waals surface area contributed by atoms with Gasteiger partial charge >= 0.3 is 0 Å². The minimum Gasteiger partial charge on any atom is -0.471 e. The zero-order valence-electron chi connectivity index (χ0n) is 18.6. The predicted octanol–water partition coefficient (Wildman–Crippen LogP) is 3.24. The Hall–Kier alpha value is -4.48. The maximum atomic E-state index is 14.3. The molecule has 0 aliphatic carbocycles. The second-order valence-corrected chi connectivity index (χ2v) is 7.39. The van der Waals surface area contributed by atoms with Gasteiger partial charge in [-0.05, 0) is 18.6 Å². The number of halogens is 2. The highest BCUT2D eigenvalue weighted by atomic mass is 19.1. The quantitative estimate of drug-likeness (QED) is 0.385. The second-order valence-electron chi connectivity index (χ2n) is 7.39. The first-order valence-electron chi connectivity index (χ1n) is 10.5. The lowest BCUT2D eigenvalue weighted by Crippen LogP contribution is -2.26. The molecular weight excluding hydrogens is 462 g/mol. The number of methoxy groups -OCH3 is 1. The number of hydrogen-bond donors (Lipinski definition) is 0. The Kier molecular flexibility index (Phi) is 7.19. The zero-order valence-corrected chi connectivity index (χ0v) is 18.6. The number of nitrogens with zero attached hydrogens (tertiary/aromatic N) is 6. The van der Waals surface area contributed by atoms with E-state index in [4.69, 9.17) is 9.32 Å². The van der Waals surface area contributed by atoms with Crippen LogP contribution >= 0.6 is 0 Å². The Bertz CT molecular complexity index is 1330. The molecule has 0 saturated carbocycles. The van der Waals surface area contributed by atoms with Crippen LogP contribution in [0.15, 0.2) is 53.4 Å². The summed E-state index contributed by atoms with van der Waals surface area (Å²) in [5.41, 5.74) is 1.82. The molecule has 4 aromatic rings. The van der Waals surface area contributed by atoms with E-state index in [-0.39, 0.29) is 29.9 Å². The number of amides is 1. The lowest BCUT2D eigenvalue weighted by Gasteiger charge is -2.15. The molecule has 1 aliphatic heterocycles. The van der Waals surface area contributed by atoms with Gasteiger partial charge in [-0.3, -0.25) is 19.2 Å². The maximum Gasteiger partial charge on any atom is 0.292 e. The van der Waals surface area contributed by atoms with E-state index in [1.54, 1.807) is 35.0 Å². The summed E-state index contributed by atoms with van der Waals surface area (Å²) in [5.74, 6) is -1.15. The van der Waals surface area contributed by atoms with Gasteiger partial charge in [0.2, 0.25) is 5.91 Å². The fourth-order valence-corrected chi connectivity index (χ4v) is 3.53. The molecule has 0 N–H and O–H groups in total. The SMILES string of the molecule is COC=O.O=C1CCCN1c1nc(-c2cc(-c3ccon3)n(Cc3ccccc3F)n2)ncc1F. The smallest absolute Gasteiger partial charge is 0.292 e. The lowest BCUT2D eigenvalue weighted by atomic mass is 10.2. The van der Waals surface area contributed by atoms with E-state index in [1.165, 1.54) is 24.3 Å². The van der Waals surface area contributed by atoms with Crippen molar-refractivity contribution in [2.24, 2.45) is 0 Å². The first-order chi connectivity index (χ1) is 17.0. The van der Waals surface area contributed by atoms with Crippen LogP contribution < -0.4 is 4.90 Å². The number of carbonyl (C=O) groups excluding carboxylic acids is 2. The van der Waals surface area contributed by atoms with Crippen LogP contribution in [0.5, 0.6) is 0 Å². The standard InChI is InChI=1S/C21H16F2N6O2.C2H4O2/c22-14-5-2-1-4-13(14)12-29-18(16-7-9-31-27-16)10-17(26-29)20-24-11-15(23)21(25-20)28-8-3-6-19(28)30;1-4-2-3/h1-2,4-5,7,9-11H,3,6,8,12H2;2H,1H3. The molecule has 0 bridgehead atoms. The van der Waals surface area contributed by atoms with Crippen molar-refractivity contribution in [3.8, 4) is 22.9 Å². The summed E-state index contributed by atoms with van der Waals surface area (Å²) >= 11 is 0. The molecule has 1 fully saturated rings. The summed E-state index contributed by atoms with van der Waals surface area (Å²) in [6.45, 7) is 0.908. The Morgan fingerprint density at radius 1 is 1.17 bits per heavy atom. The number of hydrogen-bond acceptors (Lipinski definition) is 8. The van der Waals surface area contributed by atoms with Gasteiger partial charge in [0.25, 0.3) is 6.47 Å². The molecule has 0 radical (unpaired) electrons. The minimum absolute atomic E-state index is 0.0702. The van der Waals surface area contributed by atoms with Gasteiger partial charge in [-0.25, -0.2) is 18.7 Å². The highest BCUT2D eigenvalue weighted by molar-refractivity contribution is 5.94. The number of aromatic nitrogens is 5. The highest BCUT2D eigenvalue weighted by Gasteiger charge is 2.27. The summed E-state index contributed by atoms with van der Waals surface area (Å²) in [5, 5.41) is 8.45. The van der Waals surface area contributed by atoms with Gasteiger partial charge in [-0.1, -0.05) is 23.4 Å². The Morgan fingerprint density at radius 2 is 1.97 bits per heavy atom. The van der Waals surface area contributed by atoms with Gasteiger partial charge in [0.1, 0.15) is 23.5 Å². The van der Waals surface area contributed by atoms with Crippen molar-refractivity contribution in [1.82, 2.24) is 24.9 Å². The molecule has 1 aliphatic rings. The van der Waals surface area contributed by atoms with E-state index in [2.05, 4.69) is 25.0 Å². The maximum absolute atomic E-state index is 14.3. The van der Waals surface area contributed by atoms with Crippen LogP contribution in [0.4, 0.5) is 14.6 Å². The molecule has 4 heterocycles. The lowest BCUT2D eigenvalue weighted by molar-refractivity contribution is -0.126. The molecule has 180 valence electrons. The predicted molar refractivity (Wildman–Crippen MR) is 119 cm³/mol. The van der Waals surface area contributed by atoms with Crippen molar-refractivity contribution in [3.05, 3.63) is 66.1 Å². The van der Waals surface area contributed by atoms with Crippen LogP contribution in [-0.2, 0) is 20.9 Å². The fourth-order valence-electron chi connectivity index (χ4n) is 3.53. The van der Waals surface area contributed by atoms with Gasteiger partial charge < -0.3 is 9.26 Å². The molecule has 35 heavy (non-hydrogen) atoms. The summed E-state index contributed by atoms with van der Waals surface area (Å²) in [6, 6.07) is 9.70.